The lowest BCUT2D eigenvalue weighted by atomic mass is 9.86. The van der Waals surface area contributed by atoms with Crippen molar-refractivity contribution in [3.63, 3.8) is 0 Å². The second-order valence-corrected chi connectivity index (χ2v) is 8.35. The van der Waals surface area contributed by atoms with Gasteiger partial charge in [0.15, 0.2) is 5.65 Å². The van der Waals surface area contributed by atoms with Crippen molar-refractivity contribution in [1.82, 2.24) is 24.4 Å². The van der Waals surface area contributed by atoms with Gasteiger partial charge in [-0.2, -0.15) is 5.10 Å². The maximum Gasteiger partial charge on any atom is 0.259 e. The highest BCUT2D eigenvalue weighted by Crippen LogP contribution is 2.38. The molecule has 0 N–H and O–H groups in total. The fourth-order valence-corrected chi connectivity index (χ4v) is 5.09. The Morgan fingerprint density at radius 1 is 1.26 bits per heavy atom. The second kappa shape index (κ2) is 6.87. The molecule has 1 amide bonds. The van der Waals surface area contributed by atoms with Crippen molar-refractivity contribution in [2.75, 3.05) is 39.3 Å². The van der Waals surface area contributed by atoms with Gasteiger partial charge >= 0.3 is 0 Å². The van der Waals surface area contributed by atoms with E-state index in [9.17, 15) is 4.79 Å². The summed E-state index contributed by atoms with van der Waals surface area (Å²) in [6.07, 6.45) is 10.9. The summed E-state index contributed by atoms with van der Waals surface area (Å²) in [5, 5.41) is 4.26. The zero-order chi connectivity index (χ0) is 18.3. The molecule has 3 aliphatic rings. The maximum atomic E-state index is 13.1. The highest BCUT2D eigenvalue weighted by atomic mass is 16.5. The number of aromatic nitrogens is 3. The normalized spacial score (nSPS) is 29.2. The Morgan fingerprint density at radius 2 is 2.15 bits per heavy atom. The summed E-state index contributed by atoms with van der Waals surface area (Å²) in [4.78, 5) is 22.0. The van der Waals surface area contributed by atoms with Crippen LogP contribution < -0.4 is 0 Å². The fraction of sp³-hybridized carbons (Fsp3) is 0.650. The summed E-state index contributed by atoms with van der Waals surface area (Å²) < 4.78 is 7.99. The molecule has 5 rings (SSSR count). The van der Waals surface area contributed by atoms with Crippen LogP contribution in [0.25, 0.3) is 5.65 Å². The fourth-order valence-electron chi connectivity index (χ4n) is 5.09. The lowest BCUT2D eigenvalue weighted by Crippen LogP contribution is -2.50. The predicted octanol–water partition coefficient (Wildman–Crippen LogP) is 1.84. The standard InChI is InChI=1S/C20H27N5O2/c26-19(17-12-22-25-10-4-6-21-18(17)25)24-9-3-5-20(15-24)11-16(14-27-20)13-23-7-1-2-8-23/h4,6,10,12,16H,1-3,5,7-9,11,13-15H2. The van der Waals surface area contributed by atoms with Crippen LogP contribution in [0, 0.1) is 5.92 Å². The number of hydrogen-bond donors (Lipinski definition) is 0. The minimum atomic E-state index is -0.158. The Morgan fingerprint density at radius 3 is 3.04 bits per heavy atom. The Bertz CT molecular complexity index is 831. The summed E-state index contributed by atoms with van der Waals surface area (Å²) in [7, 11) is 0. The molecule has 2 unspecified atom stereocenters. The van der Waals surface area contributed by atoms with E-state index in [2.05, 4.69) is 15.0 Å². The molecule has 5 heterocycles. The zero-order valence-corrected chi connectivity index (χ0v) is 15.7. The molecule has 2 atom stereocenters. The molecule has 2 aromatic heterocycles. The van der Waals surface area contributed by atoms with Gasteiger partial charge in [0.05, 0.1) is 18.4 Å². The summed E-state index contributed by atoms with van der Waals surface area (Å²) in [5.41, 5.74) is 1.05. The van der Waals surface area contributed by atoms with Crippen LogP contribution in [0.5, 0.6) is 0 Å². The molecule has 144 valence electrons. The quantitative estimate of drug-likeness (QED) is 0.826. The summed E-state index contributed by atoms with van der Waals surface area (Å²) in [5.74, 6) is 0.617. The van der Waals surface area contributed by atoms with E-state index >= 15 is 0 Å². The van der Waals surface area contributed by atoms with E-state index < -0.39 is 0 Å². The van der Waals surface area contributed by atoms with Gasteiger partial charge in [-0.15, -0.1) is 0 Å². The first kappa shape index (κ1) is 17.1. The highest BCUT2D eigenvalue weighted by Gasteiger charge is 2.45. The van der Waals surface area contributed by atoms with Crippen LogP contribution in [0.3, 0.4) is 0 Å². The number of amides is 1. The zero-order valence-electron chi connectivity index (χ0n) is 15.7. The second-order valence-electron chi connectivity index (χ2n) is 8.35. The highest BCUT2D eigenvalue weighted by molar-refractivity contribution is 5.99. The molecular weight excluding hydrogens is 342 g/mol. The van der Waals surface area contributed by atoms with E-state index in [4.69, 9.17) is 4.74 Å². The van der Waals surface area contributed by atoms with Crippen molar-refractivity contribution in [3.8, 4) is 0 Å². The van der Waals surface area contributed by atoms with Crippen LogP contribution in [0.4, 0.5) is 0 Å². The smallest absolute Gasteiger partial charge is 0.259 e. The van der Waals surface area contributed by atoms with E-state index in [-0.39, 0.29) is 11.5 Å². The average molecular weight is 369 g/mol. The Hall–Kier alpha value is -1.99. The van der Waals surface area contributed by atoms with Crippen molar-refractivity contribution < 1.29 is 9.53 Å². The van der Waals surface area contributed by atoms with Crippen molar-refractivity contribution in [2.24, 2.45) is 5.92 Å². The number of fused-ring (bicyclic) bond motifs is 1. The van der Waals surface area contributed by atoms with Crippen molar-refractivity contribution in [3.05, 3.63) is 30.2 Å². The van der Waals surface area contributed by atoms with Gasteiger partial charge in [0.25, 0.3) is 5.91 Å². The van der Waals surface area contributed by atoms with E-state index in [1.807, 2.05) is 17.2 Å². The van der Waals surface area contributed by atoms with E-state index in [0.717, 1.165) is 39.0 Å². The van der Waals surface area contributed by atoms with Crippen LogP contribution >= 0.6 is 0 Å². The largest absolute Gasteiger partial charge is 0.373 e. The number of nitrogens with zero attached hydrogens (tertiary/aromatic N) is 5. The molecule has 7 heteroatoms. The number of carbonyl (C=O) groups excluding carboxylic acids is 1. The van der Waals surface area contributed by atoms with Crippen LogP contribution in [0.2, 0.25) is 0 Å². The molecule has 3 saturated heterocycles. The van der Waals surface area contributed by atoms with Crippen molar-refractivity contribution >= 4 is 11.6 Å². The SMILES string of the molecule is O=C(c1cnn2cccnc12)N1CCCC2(CC(CN3CCCC3)CO2)C1. The van der Waals surface area contributed by atoms with Gasteiger partial charge in [-0.3, -0.25) is 4.79 Å². The lowest BCUT2D eigenvalue weighted by molar-refractivity contribution is -0.0450. The topological polar surface area (TPSA) is 63.0 Å². The lowest BCUT2D eigenvalue weighted by Gasteiger charge is -2.39. The molecule has 1 spiro atoms. The number of hydrogen-bond acceptors (Lipinski definition) is 5. The Kier molecular flexibility index (Phi) is 4.36. The molecule has 2 aromatic rings. The molecule has 0 aliphatic carbocycles. The maximum absolute atomic E-state index is 13.1. The third-order valence-corrected chi connectivity index (χ3v) is 6.34. The summed E-state index contributed by atoms with van der Waals surface area (Å²) in [6, 6.07) is 1.82. The predicted molar refractivity (Wildman–Crippen MR) is 101 cm³/mol. The summed E-state index contributed by atoms with van der Waals surface area (Å²) in [6.45, 7) is 5.91. The molecule has 0 aromatic carbocycles. The van der Waals surface area contributed by atoms with Gasteiger partial charge < -0.3 is 14.5 Å². The van der Waals surface area contributed by atoms with Crippen LogP contribution in [-0.2, 0) is 4.74 Å². The molecule has 3 fully saturated rings. The summed E-state index contributed by atoms with van der Waals surface area (Å²) >= 11 is 0. The van der Waals surface area contributed by atoms with Gasteiger partial charge in [0, 0.05) is 32.0 Å². The number of carbonyl (C=O) groups is 1. The molecule has 7 nitrogen and oxygen atoms in total. The average Bonchev–Trinajstić information content (AvgIpc) is 3.42. The van der Waals surface area contributed by atoms with Gasteiger partial charge in [-0.1, -0.05) is 0 Å². The van der Waals surface area contributed by atoms with E-state index in [1.165, 1.54) is 25.9 Å². The first-order valence-corrected chi connectivity index (χ1v) is 10.2. The van der Waals surface area contributed by atoms with E-state index in [0.29, 0.717) is 23.7 Å². The molecular formula is C20H27N5O2. The molecule has 0 radical (unpaired) electrons. The first-order valence-electron chi connectivity index (χ1n) is 10.2. The molecule has 27 heavy (non-hydrogen) atoms. The number of piperidine rings is 1. The molecule has 0 bridgehead atoms. The Labute approximate surface area is 159 Å². The number of ether oxygens (including phenoxy) is 1. The number of rotatable bonds is 3. The van der Waals surface area contributed by atoms with Crippen molar-refractivity contribution in [1.29, 1.82) is 0 Å². The van der Waals surface area contributed by atoms with E-state index in [1.54, 1.807) is 16.9 Å². The van der Waals surface area contributed by atoms with Gasteiger partial charge in [-0.25, -0.2) is 9.50 Å². The van der Waals surface area contributed by atoms with Crippen LogP contribution in [0.15, 0.2) is 24.7 Å². The van der Waals surface area contributed by atoms with Crippen molar-refractivity contribution in [2.45, 2.75) is 37.7 Å². The van der Waals surface area contributed by atoms with Crippen LogP contribution in [-0.4, -0.2) is 75.2 Å². The third-order valence-electron chi connectivity index (χ3n) is 6.34. The van der Waals surface area contributed by atoms with Crippen LogP contribution in [0.1, 0.15) is 42.5 Å². The van der Waals surface area contributed by atoms with Gasteiger partial charge in [-0.05, 0) is 57.2 Å². The minimum Gasteiger partial charge on any atom is -0.373 e. The number of likely N-dealkylation sites (tertiary alicyclic amines) is 2. The molecule has 0 saturated carbocycles. The third kappa shape index (κ3) is 3.23. The van der Waals surface area contributed by atoms with Gasteiger partial charge in [0.2, 0.25) is 0 Å². The molecule has 3 aliphatic heterocycles. The first-order chi connectivity index (χ1) is 13.2. The minimum absolute atomic E-state index is 0.0226. The monoisotopic (exact) mass is 369 g/mol. The van der Waals surface area contributed by atoms with Gasteiger partial charge in [0.1, 0.15) is 5.56 Å². The Balaban J connectivity index is 1.28.